The van der Waals surface area contributed by atoms with Crippen molar-refractivity contribution in [1.82, 2.24) is 0 Å². The van der Waals surface area contributed by atoms with Crippen molar-refractivity contribution in [3.8, 4) is 0 Å². The van der Waals surface area contributed by atoms with Crippen molar-refractivity contribution < 1.29 is 8.42 Å². The smallest absolute Gasteiger partial charge is 0.147 e. The number of benzene rings is 1. The van der Waals surface area contributed by atoms with Crippen LogP contribution in [-0.2, 0) is 16.3 Å². The lowest BCUT2D eigenvalue weighted by molar-refractivity contribution is 0.601. The van der Waals surface area contributed by atoms with Gasteiger partial charge in [-0.05, 0) is 17.5 Å². The zero-order valence-corrected chi connectivity index (χ0v) is 10.2. The van der Waals surface area contributed by atoms with Crippen LogP contribution in [0.15, 0.2) is 30.3 Å². The molecule has 0 heterocycles. The normalized spacial score (nSPS) is 12.1. The molecule has 1 aromatic rings. The summed E-state index contributed by atoms with van der Waals surface area (Å²) in [6.45, 7) is 0.524. The highest BCUT2D eigenvalue weighted by molar-refractivity contribution is 7.90. The lowest BCUT2D eigenvalue weighted by atomic mass is 10.1. The van der Waals surface area contributed by atoms with Gasteiger partial charge in [0.1, 0.15) is 9.84 Å². The van der Waals surface area contributed by atoms with Gasteiger partial charge in [-0.3, -0.25) is 0 Å². The largest absolute Gasteiger partial charge is 0.327 e. The van der Waals surface area contributed by atoms with Crippen molar-refractivity contribution in [2.75, 3.05) is 18.6 Å². The maximum Gasteiger partial charge on any atom is 0.147 e. The van der Waals surface area contributed by atoms with E-state index >= 15 is 0 Å². The quantitative estimate of drug-likeness (QED) is 0.841. The van der Waals surface area contributed by atoms with Gasteiger partial charge in [-0.25, -0.2) is 8.42 Å². The molecule has 0 spiro atoms. The van der Waals surface area contributed by atoms with E-state index < -0.39 is 9.84 Å². The Labute approximate surface area is 96.9 Å². The first-order valence-electron chi connectivity index (χ1n) is 5.14. The molecular formula is C12H17NO2S. The van der Waals surface area contributed by atoms with Gasteiger partial charge in [-0.15, -0.1) is 0 Å². The molecule has 0 bridgehead atoms. The molecule has 0 radical (unpaired) electrons. The fourth-order valence-corrected chi connectivity index (χ4v) is 1.91. The molecule has 3 nitrogen and oxygen atoms in total. The van der Waals surface area contributed by atoms with Crippen LogP contribution in [0.4, 0.5) is 0 Å². The minimum Gasteiger partial charge on any atom is -0.327 e. The van der Waals surface area contributed by atoms with Crippen LogP contribution in [0.2, 0.25) is 0 Å². The van der Waals surface area contributed by atoms with Crippen molar-refractivity contribution in [1.29, 1.82) is 0 Å². The molecular weight excluding hydrogens is 222 g/mol. The molecule has 0 fully saturated rings. The molecule has 0 saturated carbocycles. The lowest BCUT2D eigenvalue weighted by Crippen LogP contribution is -2.05. The number of aryl methyl sites for hydroxylation is 1. The number of nitrogens with two attached hydrogens (primary N) is 1. The van der Waals surface area contributed by atoms with E-state index in [1.165, 1.54) is 6.26 Å². The van der Waals surface area contributed by atoms with Gasteiger partial charge in [-0.1, -0.05) is 36.4 Å². The van der Waals surface area contributed by atoms with Crippen molar-refractivity contribution in [2.24, 2.45) is 5.73 Å². The van der Waals surface area contributed by atoms with Gasteiger partial charge < -0.3 is 5.73 Å². The minimum atomic E-state index is -2.88. The summed E-state index contributed by atoms with van der Waals surface area (Å²) in [5.74, 6) is 0.199. The summed E-state index contributed by atoms with van der Waals surface area (Å²) < 4.78 is 22.0. The summed E-state index contributed by atoms with van der Waals surface area (Å²) in [5.41, 5.74) is 7.46. The average molecular weight is 239 g/mol. The van der Waals surface area contributed by atoms with Crippen molar-refractivity contribution in [2.45, 2.75) is 6.42 Å². The maximum atomic E-state index is 11.0. The van der Waals surface area contributed by atoms with E-state index in [4.69, 9.17) is 5.73 Å². The molecule has 88 valence electrons. The highest BCUT2D eigenvalue weighted by atomic mass is 32.2. The first kappa shape index (κ1) is 12.9. The summed E-state index contributed by atoms with van der Waals surface area (Å²) in [4.78, 5) is 0. The molecule has 0 unspecified atom stereocenters. The van der Waals surface area contributed by atoms with Crippen LogP contribution in [0.5, 0.6) is 0 Å². The molecule has 0 aromatic heterocycles. The first-order chi connectivity index (χ1) is 7.51. The highest BCUT2D eigenvalue weighted by Crippen LogP contribution is 2.07. The van der Waals surface area contributed by atoms with Crippen LogP contribution < -0.4 is 5.73 Å². The summed E-state index contributed by atoms with van der Waals surface area (Å²) in [6, 6.07) is 7.82. The summed E-state index contributed by atoms with van der Waals surface area (Å²) in [6.07, 6.45) is 5.65. The summed E-state index contributed by atoms with van der Waals surface area (Å²) in [5, 5.41) is 0. The molecule has 16 heavy (non-hydrogen) atoms. The predicted octanol–water partition coefficient (Wildman–Crippen LogP) is 1.25. The second-order valence-electron chi connectivity index (χ2n) is 3.76. The highest BCUT2D eigenvalue weighted by Gasteiger charge is 2.02. The third-order valence-electron chi connectivity index (χ3n) is 2.19. The molecule has 4 heteroatoms. The fourth-order valence-electron chi connectivity index (χ4n) is 1.30. The molecule has 1 rings (SSSR count). The predicted molar refractivity (Wildman–Crippen MR) is 67.9 cm³/mol. The molecule has 0 amide bonds. The topological polar surface area (TPSA) is 60.2 Å². The fraction of sp³-hybridized carbons (Fsp3) is 0.333. The zero-order valence-electron chi connectivity index (χ0n) is 9.39. The van der Waals surface area contributed by atoms with E-state index in [-0.39, 0.29) is 5.75 Å². The van der Waals surface area contributed by atoms with Crippen LogP contribution >= 0.6 is 0 Å². The van der Waals surface area contributed by atoms with Crippen LogP contribution in [0.1, 0.15) is 11.1 Å². The lowest BCUT2D eigenvalue weighted by Gasteiger charge is -2.00. The first-order valence-corrected chi connectivity index (χ1v) is 7.20. The van der Waals surface area contributed by atoms with Crippen molar-refractivity contribution in [3.05, 3.63) is 41.5 Å². The van der Waals surface area contributed by atoms with Gasteiger partial charge in [0.2, 0.25) is 0 Å². The van der Waals surface area contributed by atoms with E-state index in [0.29, 0.717) is 13.0 Å². The Bertz CT molecular complexity index is 446. The van der Waals surface area contributed by atoms with Crippen LogP contribution in [0, 0.1) is 0 Å². The van der Waals surface area contributed by atoms with Gasteiger partial charge in [0.05, 0.1) is 5.75 Å². The van der Waals surface area contributed by atoms with Crippen molar-refractivity contribution >= 4 is 15.9 Å². The summed E-state index contributed by atoms with van der Waals surface area (Å²) >= 11 is 0. The molecule has 0 aliphatic rings. The van der Waals surface area contributed by atoms with Crippen LogP contribution in [-0.4, -0.2) is 27.0 Å². The van der Waals surface area contributed by atoms with Crippen LogP contribution in [0.3, 0.4) is 0 Å². The number of sulfone groups is 1. The van der Waals surface area contributed by atoms with E-state index in [2.05, 4.69) is 0 Å². The molecule has 2 N–H and O–H groups in total. The third kappa shape index (κ3) is 5.09. The van der Waals surface area contributed by atoms with E-state index in [0.717, 1.165) is 11.1 Å². The zero-order chi connectivity index (χ0) is 12.0. The Hall–Kier alpha value is -1.13. The minimum absolute atomic E-state index is 0.199. The summed E-state index contributed by atoms with van der Waals surface area (Å²) in [7, 11) is -2.88. The molecule has 0 aliphatic heterocycles. The standard InChI is InChI=1S/C12H17NO2S/c1-16(14,15)10-8-12-6-4-11(5-7-12)3-2-9-13/h2-7H,8-10,13H2,1H3/b3-2+. The Morgan fingerprint density at radius 1 is 1.25 bits per heavy atom. The van der Waals surface area contributed by atoms with Gasteiger partial charge in [0.25, 0.3) is 0 Å². The van der Waals surface area contributed by atoms with E-state index in [1.807, 2.05) is 36.4 Å². The third-order valence-corrected chi connectivity index (χ3v) is 3.13. The van der Waals surface area contributed by atoms with Crippen molar-refractivity contribution in [3.63, 3.8) is 0 Å². The van der Waals surface area contributed by atoms with Gasteiger partial charge in [-0.2, -0.15) is 0 Å². The second kappa shape index (κ2) is 5.82. The van der Waals surface area contributed by atoms with Gasteiger partial charge in [0.15, 0.2) is 0 Å². The molecule has 0 atom stereocenters. The maximum absolute atomic E-state index is 11.0. The number of rotatable bonds is 5. The second-order valence-corrected chi connectivity index (χ2v) is 6.02. The number of hydrogen-bond donors (Lipinski definition) is 1. The Morgan fingerprint density at radius 3 is 2.38 bits per heavy atom. The SMILES string of the molecule is CS(=O)(=O)CCc1ccc(/C=C/CN)cc1. The van der Waals surface area contributed by atoms with E-state index in [1.54, 1.807) is 0 Å². The van der Waals surface area contributed by atoms with E-state index in [9.17, 15) is 8.42 Å². The monoisotopic (exact) mass is 239 g/mol. The Kier molecular flexibility index (Phi) is 4.71. The number of hydrogen-bond acceptors (Lipinski definition) is 3. The molecule has 0 saturated heterocycles. The van der Waals surface area contributed by atoms with Gasteiger partial charge in [0, 0.05) is 12.8 Å². The van der Waals surface area contributed by atoms with Gasteiger partial charge >= 0.3 is 0 Å². The Balaban J connectivity index is 2.61. The average Bonchev–Trinajstić information content (AvgIpc) is 2.24. The van der Waals surface area contributed by atoms with Crippen LogP contribution in [0.25, 0.3) is 6.08 Å². The molecule has 1 aromatic carbocycles. The Morgan fingerprint density at radius 2 is 1.88 bits per heavy atom. The molecule has 0 aliphatic carbocycles.